The molecule has 0 atom stereocenters. The minimum absolute atomic E-state index is 0.188. The molecule has 1 aromatic heterocycles. The molecule has 0 unspecified atom stereocenters. The van der Waals surface area contributed by atoms with Crippen LogP contribution in [0.2, 0.25) is 0 Å². The first-order valence-electron chi connectivity index (χ1n) is 7.17. The Bertz CT molecular complexity index is 776. The highest BCUT2D eigenvalue weighted by Gasteiger charge is 2.09. The van der Waals surface area contributed by atoms with Crippen molar-refractivity contribution < 1.29 is 8.81 Å². The molecule has 3 aromatic rings. The summed E-state index contributed by atoms with van der Waals surface area (Å²) < 4.78 is 19.7. The molecule has 21 heavy (non-hydrogen) atoms. The molecule has 1 N–H and O–H groups in total. The van der Waals surface area contributed by atoms with Crippen LogP contribution in [0.25, 0.3) is 22.3 Å². The number of halogens is 1. The van der Waals surface area contributed by atoms with Gasteiger partial charge in [-0.15, -0.1) is 0 Å². The number of rotatable bonds is 4. The van der Waals surface area contributed by atoms with Crippen LogP contribution in [-0.2, 0) is 6.54 Å². The number of hydrogen-bond acceptors (Lipinski definition) is 2. The number of hydrogen-bond donors (Lipinski definition) is 1. The van der Waals surface area contributed by atoms with Crippen molar-refractivity contribution in [2.75, 3.05) is 6.54 Å². The lowest BCUT2D eigenvalue weighted by Gasteiger charge is -2.05. The number of aryl methyl sites for hydroxylation is 1. The molecular formula is C18H18FNO. The summed E-state index contributed by atoms with van der Waals surface area (Å²) in [5.41, 5.74) is 3.61. The Labute approximate surface area is 123 Å². The van der Waals surface area contributed by atoms with E-state index in [1.165, 1.54) is 11.6 Å². The van der Waals surface area contributed by atoms with E-state index in [-0.39, 0.29) is 5.82 Å². The van der Waals surface area contributed by atoms with Crippen LogP contribution in [-0.4, -0.2) is 6.54 Å². The van der Waals surface area contributed by atoms with Crippen molar-refractivity contribution in [3.63, 3.8) is 0 Å². The predicted octanol–water partition coefficient (Wildman–Crippen LogP) is 4.66. The van der Waals surface area contributed by atoms with Gasteiger partial charge >= 0.3 is 0 Å². The minimum Gasteiger partial charge on any atom is -0.456 e. The van der Waals surface area contributed by atoms with Gasteiger partial charge in [0.2, 0.25) is 0 Å². The number of furan rings is 1. The summed E-state index contributed by atoms with van der Waals surface area (Å²) in [6, 6.07) is 13.2. The first kappa shape index (κ1) is 13.8. The summed E-state index contributed by atoms with van der Waals surface area (Å²) in [4.78, 5) is 0. The van der Waals surface area contributed by atoms with Gasteiger partial charge in [0.25, 0.3) is 0 Å². The molecule has 0 radical (unpaired) electrons. The topological polar surface area (TPSA) is 25.2 Å². The van der Waals surface area contributed by atoms with Gasteiger partial charge in [-0.1, -0.05) is 18.6 Å². The molecule has 108 valence electrons. The molecule has 0 fully saturated rings. The molecule has 0 aliphatic heterocycles. The number of fused-ring (bicyclic) bond motifs is 1. The average molecular weight is 283 g/mol. The fourth-order valence-electron chi connectivity index (χ4n) is 2.43. The van der Waals surface area contributed by atoms with Crippen LogP contribution in [0.1, 0.15) is 18.1 Å². The van der Waals surface area contributed by atoms with Gasteiger partial charge < -0.3 is 9.73 Å². The predicted molar refractivity (Wildman–Crippen MR) is 83.7 cm³/mol. The van der Waals surface area contributed by atoms with E-state index in [0.29, 0.717) is 12.1 Å². The quantitative estimate of drug-likeness (QED) is 0.753. The maximum absolute atomic E-state index is 13.8. The van der Waals surface area contributed by atoms with E-state index < -0.39 is 0 Å². The molecule has 3 heteroatoms. The van der Waals surface area contributed by atoms with Crippen molar-refractivity contribution in [2.45, 2.75) is 20.4 Å². The zero-order valence-electron chi connectivity index (χ0n) is 12.2. The van der Waals surface area contributed by atoms with E-state index in [4.69, 9.17) is 4.42 Å². The molecule has 0 saturated heterocycles. The van der Waals surface area contributed by atoms with Gasteiger partial charge in [-0.25, -0.2) is 4.39 Å². The van der Waals surface area contributed by atoms with Crippen molar-refractivity contribution in [3.05, 3.63) is 59.4 Å². The Morgan fingerprint density at radius 2 is 1.95 bits per heavy atom. The fraction of sp³-hybridized carbons (Fsp3) is 0.222. The van der Waals surface area contributed by atoms with E-state index in [2.05, 4.69) is 18.3 Å². The van der Waals surface area contributed by atoms with Gasteiger partial charge in [0, 0.05) is 23.1 Å². The van der Waals surface area contributed by atoms with Gasteiger partial charge in [-0.3, -0.25) is 0 Å². The summed E-state index contributed by atoms with van der Waals surface area (Å²) in [5.74, 6) is 0.583. The lowest BCUT2D eigenvalue weighted by atomic mass is 10.1. The summed E-state index contributed by atoms with van der Waals surface area (Å²) in [5, 5.41) is 4.22. The molecule has 0 bridgehead atoms. The number of nitrogens with one attached hydrogen (secondary N) is 1. The molecule has 0 amide bonds. The van der Waals surface area contributed by atoms with Gasteiger partial charge in [0.15, 0.2) is 0 Å². The molecule has 3 rings (SSSR count). The number of benzene rings is 2. The SMILES string of the molecule is CCNCc1cc(-c2cc3cc(C)ccc3o2)ccc1F. The third-order valence-corrected chi connectivity index (χ3v) is 3.57. The van der Waals surface area contributed by atoms with Crippen LogP contribution in [0.3, 0.4) is 0 Å². The van der Waals surface area contributed by atoms with Crippen LogP contribution in [0.15, 0.2) is 46.9 Å². The Hall–Kier alpha value is -2.13. The highest BCUT2D eigenvalue weighted by atomic mass is 19.1. The van der Waals surface area contributed by atoms with E-state index in [1.54, 1.807) is 6.07 Å². The highest BCUT2D eigenvalue weighted by molar-refractivity contribution is 5.83. The normalized spacial score (nSPS) is 11.2. The van der Waals surface area contributed by atoms with E-state index in [1.807, 2.05) is 31.2 Å². The second-order valence-corrected chi connectivity index (χ2v) is 5.24. The summed E-state index contributed by atoms with van der Waals surface area (Å²) >= 11 is 0. The second-order valence-electron chi connectivity index (χ2n) is 5.24. The molecule has 0 aliphatic carbocycles. The van der Waals surface area contributed by atoms with E-state index in [9.17, 15) is 4.39 Å². The van der Waals surface area contributed by atoms with Gasteiger partial charge in [0.05, 0.1) is 0 Å². The first-order valence-corrected chi connectivity index (χ1v) is 7.17. The standard InChI is InChI=1S/C18H18FNO/c1-3-20-11-15-9-13(5-6-16(15)19)18-10-14-8-12(2)4-7-17(14)21-18/h4-10,20H,3,11H2,1-2H3. The van der Waals surface area contributed by atoms with Crippen molar-refractivity contribution >= 4 is 11.0 Å². The largest absolute Gasteiger partial charge is 0.456 e. The minimum atomic E-state index is -0.188. The lowest BCUT2D eigenvalue weighted by molar-refractivity contribution is 0.592. The Morgan fingerprint density at radius 1 is 1.10 bits per heavy atom. The van der Waals surface area contributed by atoms with Gasteiger partial charge in [-0.05, 0) is 49.9 Å². The van der Waals surface area contributed by atoms with Crippen LogP contribution < -0.4 is 5.32 Å². The smallest absolute Gasteiger partial charge is 0.135 e. The molecular weight excluding hydrogens is 265 g/mol. The Kier molecular flexibility index (Phi) is 3.76. The molecule has 1 heterocycles. The van der Waals surface area contributed by atoms with Crippen LogP contribution >= 0.6 is 0 Å². The zero-order valence-corrected chi connectivity index (χ0v) is 12.2. The highest BCUT2D eigenvalue weighted by Crippen LogP contribution is 2.29. The van der Waals surface area contributed by atoms with E-state index in [0.717, 1.165) is 28.8 Å². The van der Waals surface area contributed by atoms with E-state index >= 15 is 0 Å². The summed E-state index contributed by atoms with van der Waals surface area (Å²) in [7, 11) is 0. The first-order chi connectivity index (χ1) is 10.2. The molecule has 0 aliphatic rings. The summed E-state index contributed by atoms with van der Waals surface area (Å²) in [6.07, 6.45) is 0. The second kappa shape index (κ2) is 5.70. The maximum atomic E-state index is 13.8. The molecule has 0 spiro atoms. The lowest BCUT2D eigenvalue weighted by Crippen LogP contribution is -2.12. The van der Waals surface area contributed by atoms with Crippen molar-refractivity contribution in [3.8, 4) is 11.3 Å². The van der Waals surface area contributed by atoms with Crippen LogP contribution in [0.4, 0.5) is 4.39 Å². The third-order valence-electron chi connectivity index (χ3n) is 3.57. The Balaban J connectivity index is 2.01. The summed E-state index contributed by atoms with van der Waals surface area (Å²) in [6.45, 7) is 5.39. The van der Waals surface area contributed by atoms with Crippen molar-refractivity contribution in [1.29, 1.82) is 0 Å². The van der Waals surface area contributed by atoms with Gasteiger partial charge in [0.1, 0.15) is 17.2 Å². The monoisotopic (exact) mass is 283 g/mol. The Morgan fingerprint density at radius 3 is 2.76 bits per heavy atom. The average Bonchev–Trinajstić information content (AvgIpc) is 2.89. The zero-order chi connectivity index (χ0) is 14.8. The van der Waals surface area contributed by atoms with Gasteiger partial charge in [-0.2, -0.15) is 0 Å². The van der Waals surface area contributed by atoms with Crippen molar-refractivity contribution in [1.82, 2.24) is 5.32 Å². The molecule has 2 aromatic carbocycles. The fourth-order valence-corrected chi connectivity index (χ4v) is 2.43. The molecule has 0 saturated carbocycles. The maximum Gasteiger partial charge on any atom is 0.135 e. The van der Waals surface area contributed by atoms with Crippen molar-refractivity contribution in [2.24, 2.45) is 0 Å². The van der Waals surface area contributed by atoms with Crippen LogP contribution in [0, 0.1) is 12.7 Å². The molecule has 2 nitrogen and oxygen atoms in total. The van der Waals surface area contributed by atoms with Crippen LogP contribution in [0.5, 0.6) is 0 Å². The third kappa shape index (κ3) is 2.83.